The molecule has 0 atom stereocenters. The van der Waals surface area contributed by atoms with Crippen LogP contribution in [0.1, 0.15) is 32.3 Å². The minimum Gasteiger partial charge on any atom is -0.459 e. The summed E-state index contributed by atoms with van der Waals surface area (Å²) in [5, 5.41) is 0.188. The van der Waals surface area contributed by atoms with Gasteiger partial charge in [-0.15, -0.1) is 0 Å². The van der Waals surface area contributed by atoms with Crippen LogP contribution in [0.25, 0.3) is 11.1 Å². The monoisotopic (exact) mass is 418 g/mol. The third-order valence-electron chi connectivity index (χ3n) is 4.61. The van der Waals surface area contributed by atoms with E-state index in [0.717, 1.165) is 11.5 Å². The second kappa shape index (κ2) is 7.22. The fourth-order valence-electron chi connectivity index (χ4n) is 3.31. The van der Waals surface area contributed by atoms with Gasteiger partial charge in [0.2, 0.25) is 5.28 Å². The van der Waals surface area contributed by atoms with Crippen molar-refractivity contribution in [1.29, 1.82) is 0 Å². The number of rotatable bonds is 3. The first kappa shape index (κ1) is 19.5. The molecule has 3 aromatic heterocycles. The van der Waals surface area contributed by atoms with E-state index in [1.807, 2.05) is 27.0 Å². The standard InChI is InChI=1S/C19H23ClN6O3/c1-19(2,3)29-18(27)24(4)11-14-21-9-12-10-25(6-7-26(12)14)16-15-13(5-8-28-15)22-17(20)23-16/h5,8-9H,6-7,10-11H2,1-4H3. The lowest BCUT2D eigenvalue weighted by Gasteiger charge is -2.30. The zero-order valence-corrected chi connectivity index (χ0v) is 17.6. The average Bonchev–Trinajstić information content (AvgIpc) is 3.26. The Morgan fingerprint density at radius 3 is 2.90 bits per heavy atom. The topological polar surface area (TPSA) is 89.5 Å². The van der Waals surface area contributed by atoms with Crippen molar-refractivity contribution < 1.29 is 13.9 Å². The van der Waals surface area contributed by atoms with E-state index in [2.05, 4.69) is 24.4 Å². The predicted octanol–water partition coefficient (Wildman–Crippen LogP) is 3.46. The van der Waals surface area contributed by atoms with E-state index in [1.54, 1.807) is 19.4 Å². The van der Waals surface area contributed by atoms with Gasteiger partial charge in [-0.1, -0.05) is 0 Å². The number of halogens is 1. The van der Waals surface area contributed by atoms with Gasteiger partial charge in [-0.25, -0.2) is 14.8 Å². The lowest BCUT2D eigenvalue weighted by molar-refractivity contribution is 0.0279. The van der Waals surface area contributed by atoms with E-state index in [-0.39, 0.29) is 11.4 Å². The van der Waals surface area contributed by atoms with Gasteiger partial charge in [-0.2, -0.15) is 4.98 Å². The zero-order valence-electron chi connectivity index (χ0n) is 16.8. The average molecular weight is 419 g/mol. The van der Waals surface area contributed by atoms with Crippen molar-refractivity contribution in [2.75, 3.05) is 18.5 Å². The number of aromatic nitrogens is 4. The number of hydrogen-bond donors (Lipinski definition) is 0. The van der Waals surface area contributed by atoms with Crippen LogP contribution < -0.4 is 4.90 Å². The summed E-state index contributed by atoms with van der Waals surface area (Å²) in [7, 11) is 1.71. The zero-order chi connectivity index (χ0) is 20.8. The molecule has 0 spiro atoms. The summed E-state index contributed by atoms with van der Waals surface area (Å²) in [6, 6.07) is 1.77. The fraction of sp³-hybridized carbons (Fsp3) is 0.474. The molecule has 4 rings (SSSR count). The van der Waals surface area contributed by atoms with Gasteiger partial charge in [0.1, 0.15) is 16.9 Å². The van der Waals surface area contributed by atoms with Gasteiger partial charge in [0.15, 0.2) is 11.4 Å². The maximum absolute atomic E-state index is 12.2. The molecule has 4 heterocycles. The fourth-order valence-corrected chi connectivity index (χ4v) is 3.48. The van der Waals surface area contributed by atoms with Crippen LogP contribution in [0, 0.1) is 0 Å². The van der Waals surface area contributed by atoms with Crippen LogP contribution in [0.3, 0.4) is 0 Å². The third kappa shape index (κ3) is 4.00. The number of ether oxygens (including phenoxy) is 1. The van der Waals surface area contributed by atoms with Gasteiger partial charge in [0, 0.05) is 26.2 Å². The summed E-state index contributed by atoms with van der Waals surface area (Å²) < 4.78 is 13.1. The van der Waals surface area contributed by atoms with Gasteiger partial charge in [-0.3, -0.25) is 0 Å². The number of imidazole rings is 1. The van der Waals surface area contributed by atoms with E-state index in [4.69, 9.17) is 20.8 Å². The SMILES string of the molecule is CN(Cc1ncc2n1CCN(c1nc(Cl)nc3ccoc13)C2)C(=O)OC(C)(C)C. The number of nitrogens with zero attached hydrogens (tertiary/aromatic N) is 6. The Labute approximate surface area is 173 Å². The summed E-state index contributed by atoms with van der Waals surface area (Å²) in [4.78, 5) is 28.9. The molecule has 154 valence electrons. The largest absolute Gasteiger partial charge is 0.459 e. The van der Waals surface area contributed by atoms with Crippen molar-refractivity contribution in [3.8, 4) is 0 Å². The van der Waals surface area contributed by atoms with Crippen molar-refractivity contribution >= 4 is 34.6 Å². The van der Waals surface area contributed by atoms with Crippen LogP contribution in [-0.4, -0.2) is 49.7 Å². The molecule has 1 aliphatic heterocycles. The molecule has 29 heavy (non-hydrogen) atoms. The summed E-state index contributed by atoms with van der Waals surface area (Å²) in [5.74, 6) is 1.49. The molecule has 10 heteroatoms. The Morgan fingerprint density at radius 2 is 2.14 bits per heavy atom. The Kier molecular flexibility index (Phi) is 4.85. The molecule has 9 nitrogen and oxygen atoms in total. The molecule has 1 aliphatic rings. The Balaban J connectivity index is 1.51. The number of furan rings is 1. The highest BCUT2D eigenvalue weighted by Crippen LogP contribution is 2.29. The second-order valence-electron chi connectivity index (χ2n) is 8.03. The van der Waals surface area contributed by atoms with Crippen LogP contribution in [0.2, 0.25) is 5.28 Å². The Morgan fingerprint density at radius 1 is 1.34 bits per heavy atom. The molecule has 0 bridgehead atoms. The van der Waals surface area contributed by atoms with Crippen molar-refractivity contribution in [3.63, 3.8) is 0 Å². The van der Waals surface area contributed by atoms with Crippen molar-refractivity contribution in [1.82, 2.24) is 24.4 Å². The highest BCUT2D eigenvalue weighted by atomic mass is 35.5. The summed E-state index contributed by atoms with van der Waals surface area (Å²) in [6.07, 6.45) is 3.04. The minimum atomic E-state index is -0.534. The Hall–Kier alpha value is -2.81. The van der Waals surface area contributed by atoms with E-state index >= 15 is 0 Å². The minimum absolute atomic E-state index is 0.188. The molecule has 0 aromatic carbocycles. The van der Waals surface area contributed by atoms with E-state index in [0.29, 0.717) is 43.1 Å². The van der Waals surface area contributed by atoms with Crippen molar-refractivity contribution in [3.05, 3.63) is 35.3 Å². The number of carbonyl (C=O) groups is 1. The van der Waals surface area contributed by atoms with E-state index in [9.17, 15) is 4.79 Å². The molecule has 0 aliphatic carbocycles. The smallest absolute Gasteiger partial charge is 0.410 e. The summed E-state index contributed by atoms with van der Waals surface area (Å²) >= 11 is 6.08. The maximum Gasteiger partial charge on any atom is 0.410 e. The molecule has 0 unspecified atom stereocenters. The van der Waals surface area contributed by atoms with Gasteiger partial charge >= 0.3 is 6.09 Å². The van der Waals surface area contributed by atoms with E-state index < -0.39 is 5.60 Å². The normalized spacial score (nSPS) is 14.2. The van der Waals surface area contributed by atoms with Crippen LogP contribution in [0.5, 0.6) is 0 Å². The molecule has 0 fully saturated rings. The third-order valence-corrected chi connectivity index (χ3v) is 4.78. The number of anilines is 1. The number of carbonyl (C=O) groups excluding carboxylic acids is 1. The van der Waals surface area contributed by atoms with Gasteiger partial charge in [0.05, 0.1) is 31.2 Å². The van der Waals surface area contributed by atoms with Crippen LogP contribution in [0.15, 0.2) is 22.9 Å². The summed E-state index contributed by atoms with van der Waals surface area (Å²) in [5.41, 5.74) is 1.79. The molecular formula is C19H23ClN6O3. The molecule has 0 saturated heterocycles. The molecule has 3 aromatic rings. The highest BCUT2D eigenvalue weighted by Gasteiger charge is 2.26. The lowest BCUT2D eigenvalue weighted by Crippen LogP contribution is -2.37. The van der Waals surface area contributed by atoms with Crippen molar-refractivity contribution in [2.45, 2.75) is 46.0 Å². The lowest BCUT2D eigenvalue weighted by atomic mass is 10.2. The second-order valence-corrected chi connectivity index (χ2v) is 8.36. The molecular weight excluding hydrogens is 396 g/mol. The van der Waals surface area contributed by atoms with Crippen LogP contribution in [-0.2, 0) is 24.4 Å². The number of amides is 1. The number of fused-ring (bicyclic) bond motifs is 2. The Bertz CT molecular complexity index is 1050. The number of hydrogen-bond acceptors (Lipinski definition) is 7. The highest BCUT2D eigenvalue weighted by molar-refractivity contribution is 6.28. The van der Waals surface area contributed by atoms with E-state index in [1.165, 1.54) is 4.90 Å². The van der Waals surface area contributed by atoms with Crippen LogP contribution >= 0.6 is 11.6 Å². The van der Waals surface area contributed by atoms with Crippen LogP contribution in [0.4, 0.5) is 10.6 Å². The quantitative estimate of drug-likeness (QED) is 0.601. The molecule has 1 amide bonds. The maximum atomic E-state index is 12.2. The molecule has 0 radical (unpaired) electrons. The van der Waals surface area contributed by atoms with Gasteiger partial charge < -0.3 is 23.5 Å². The molecule has 0 N–H and O–H groups in total. The first-order valence-electron chi connectivity index (χ1n) is 9.34. The summed E-state index contributed by atoms with van der Waals surface area (Å²) in [6.45, 7) is 7.93. The predicted molar refractivity (Wildman–Crippen MR) is 108 cm³/mol. The van der Waals surface area contributed by atoms with Gasteiger partial charge in [-0.05, 0) is 32.4 Å². The van der Waals surface area contributed by atoms with Crippen molar-refractivity contribution in [2.24, 2.45) is 0 Å². The molecule has 0 saturated carbocycles. The first-order chi connectivity index (χ1) is 13.7. The van der Waals surface area contributed by atoms with Gasteiger partial charge in [0.25, 0.3) is 0 Å². The first-order valence-corrected chi connectivity index (χ1v) is 9.72.